The molecule has 35 heavy (non-hydrogen) atoms. The van der Waals surface area contributed by atoms with Crippen molar-refractivity contribution in [2.75, 3.05) is 40.6 Å². The van der Waals surface area contributed by atoms with Crippen molar-refractivity contribution in [3.05, 3.63) is 41.2 Å². The minimum atomic E-state index is -1.07. The molecule has 1 saturated carbocycles. The number of nitrogens with one attached hydrogen (secondary N) is 2. The average molecular weight is 609 g/mol. The zero-order chi connectivity index (χ0) is 24.0. The maximum absolute atomic E-state index is 12.6. The standard InChI is InChI=1S/C25H31IN5O3S/c1-26-34-14-16-2-3-18-19(13-27-21(18)12-16)17-4-9-31(10-5-17)24-28-20-6-11-35(33)22(20)23(29-24)30-25(15-32)7-8-25/h2-3,12-13,17,27,32H,4-11,14-15H2,1H3,(H,28,29,30)/q-1. The Labute approximate surface area is 218 Å². The Hall–Kier alpha value is -1.76. The summed E-state index contributed by atoms with van der Waals surface area (Å²) in [7, 11) is -1.07. The van der Waals surface area contributed by atoms with E-state index in [4.69, 9.17) is 13.0 Å². The maximum atomic E-state index is 12.6. The number of aryl methyl sites for hydroxylation is 1. The third-order valence-corrected chi connectivity index (χ3v) is 9.94. The fraction of sp³-hybridized carbons (Fsp3) is 0.520. The van der Waals surface area contributed by atoms with Crippen LogP contribution in [0.2, 0.25) is 0 Å². The van der Waals surface area contributed by atoms with E-state index in [9.17, 15) is 9.32 Å². The number of hydrogen-bond donors (Lipinski definition) is 3. The summed E-state index contributed by atoms with van der Waals surface area (Å²) in [5.74, 6) is 2.48. The summed E-state index contributed by atoms with van der Waals surface area (Å²) >= 11 is -0.159. The zero-order valence-electron chi connectivity index (χ0n) is 19.8. The molecule has 10 heteroatoms. The molecule has 1 saturated heterocycles. The van der Waals surface area contributed by atoms with E-state index in [1.165, 1.54) is 22.0 Å². The Morgan fingerprint density at radius 2 is 2.14 bits per heavy atom. The monoisotopic (exact) mass is 608 g/mol. The summed E-state index contributed by atoms with van der Waals surface area (Å²) in [6.07, 6.45) is 6.79. The molecule has 3 aromatic rings. The zero-order valence-corrected chi connectivity index (χ0v) is 22.8. The van der Waals surface area contributed by atoms with Gasteiger partial charge in [-0.2, -0.15) is 4.98 Å². The summed E-state index contributed by atoms with van der Waals surface area (Å²) < 4.78 is 18.3. The van der Waals surface area contributed by atoms with E-state index in [1.807, 2.05) is 0 Å². The predicted molar refractivity (Wildman–Crippen MR) is 133 cm³/mol. The van der Waals surface area contributed by atoms with Gasteiger partial charge in [-0.25, -0.2) is 4.98 Å². The van der Waals surface area contributed by atoms with Gasteiger partial charge in [-0.15, -0.1) is 0 Å². The first-order chi connectivity index (χ1) is 17.1. The van der Waals surface area contributed by atoms with Crippen molar-refractivity contribution in [1.29, 1.82) is 0 Å². The van der Waals surface area contributed by atoms with Crippen molar-refractivity contribution in [3.63, 3.8) is 0 Å². The van der Waals surface area contributed by atoms with Crippen molar-refractivity contribution in [2.24, 2.45) is 0 Å². The van der Waals surface area contributed by atoms with Gasteiger partial charge in [0.05, 0.1) is 28.6 Å². The fourth-order valence-corrected chi connectivity index (χ4v) is 7.24. The molecule has 4 heterocycles. The van der Waals surface area contributed by atoms with E-state index in [2.05, 4.69) is 44.5 Å². The molecule has 0 bridgehead atoms. The number of alkyl halides is 1. The number of benzene rings is 1. The molecule has 0 spiro atoms. The first kappa shape index (κ1) is 23.6. The first-order valence-corrected chi connectivity index (χ1v) is 16.6. The fourth-order valence-electron chi connectivity index (χ4n) is 5.27. The Balaban J connectivity index is 1.19. The average Bonchev–Trinajstić information content (AvgIpc) is 3.37. The van der Waals surface area contributed by atoms with Gasteiger partial charge in [-0.1, -0.05) is 0 Å². The van der Waals surface area contributed by atoms with E-state index in [0.717, 1.165) is 61.7 Å². The van der Waals surface area contributed by atoms with Crippen molar-refractivity contribution < 1.29 is 34.0 Å². The van der Waals surface area contributed by atoms with Crippen LogP contribution in [0.4, 0.5) is 11.8 Å². The van der Waals surface area contributed by atoms with Gasteiger partial charge in [0, 0.05) is 12.2 Å². The molecular weight excluding hydrogens is 577 g/mol. The molecule has 1 unspecified atom stereocenters. The molecule has 1 aromatic carbocycles. The second-order valence-corrected chi connectivity index (χ2v) is 12.8. The van der Waals surface area contributed by atoms with E-state index >= 15 is 0 Å². The Morgan fingerprint density at radius 3 is 2.89 bits per heavy atom. The molecule has 1 atom stereocenters. The summed E-state index contributed by atoms with van der Waals surface area (Å²) in [5, 5.41) is 14.5. The molecular formula is C25H31IN5O3S-. The summed E-state index contributed by atoms with van der Waals surface area (Å²) in [5.41, 5.74) is 4.38. The number of aromatic nitrogens is 3. The first-order valence-electron chi connectivity index (χ1n) is 12.2. The molecule has 6 rings (SSSR count). The number of nitrogens with zero attached hydrogens (tertiary/aromatic N) is 3. The molecule has 0 amide bonds. The van der Waals surface area contributed by atoms with E-state index < -0.39 is 10.8 Å². The van der Waals surface area contributed by atoms with E-state index in [-0.39, 0.29) is 33.8 Å². The van der Waals surface area contributed by atoms with E-state index in [1.54, 1.807) is 0 Å². The summed E-state index contributed by atoms with van der Waals surface area (Å²) in [6.45, 7) is 2.53. The number of aliphatic hydroxyl groups excluding tert-OH is 1. The van der Waals surface area contributed by atoms with Crippen LogP contribution < -0.4 is 31.8 Å². The van der Waals surface area contributed by atoms with Crippen LogP contribution in [-0.4, -0.2) is 60.2 Å². The number of halogens is 1. The number of rotatable bonds is 8. The Bertz CT molecular complexity index is 1270. The predicted octanol–water partition coefficient (Wildman–Crippen LogP) is 0.0928. The minimum absolute atomic E-state index is 0.0677. The van der Waals surface area contributed by atoms with Crippen LogP contribution in [0.3, 0.4) is 0 Å². The van der Waals surface area contributed by atoms with Crippen molar-refractivity contribution in [1.82, 2.24) is 15.0 Å². The van der Waals surface area contributed by atoms with Crippen molar-refractivity contribution in [3.8, 4) is 0 Å². The van der Waals surface area contributed by atoms with Crippen LogP contribution in [0.25, 0.3) is 10.9 Å². The van der Waals surface area contributed by atoms with E-state index in [0.29, 0.717) is 24.1 Å². The van der Waals surface area contributed by atoms with Gasteiger partial charge >= 0.3 is 130 Å². The Kier molecular flexibility index (Phi) is 6.48. The number of fused-ring (bicyclic) bond motifs is 2. The second kappa shape index (κ2) is 9.60. The Morgan fingerprint density at radius 1 is 1.31 bits per heavy atom. The number of H-pyrrole nitrogens is 1. The molecule has 3 aliphatic rings. The van der Waals surface area contributed by atoms with Gasteiger partial charge in [0.25, 0.3) is 0 Å². The van der Waals surface area contributed by atoms with Gasteiger partial charge in [-0.05, 0) is 12.8 Å². The topological polar surface area (TPSA) is 103 Å². The normalized spacial score (nSPS) is 21.5. The van der Waals surface area contributed by atoms with Crippen molar-refractivity contribution in [2.45, 2.75) is 55.1 Å². The van der Waals surface area contributed by atoms with Crippen LogP contribution in [0.15, 0.2) is 29.3 Å². The number of aliphatic hydroxyl groups is 1. The van der Waals surface area contributed by atoms with Gasteiger partial charge in [0.2, 0.25) is 0 Å². The third-order valence-electron chi connectivity index (χ3n) is 7.54. The quantitative estimate of drug-likeness (QED) is 0.246. The van der Waals surface area contributed by atoms with Gasteiger partial charge in [0.15, 0.2) is 0 Å². The number of anilines is 2. The van der Waals surface area contributed by atoms with Crippen LogP contribution in [0.5, 0.6) is 0 Å². The molecule has 3 N–H and O–H groups in total. The van der Waals surface area contributed by atoms with Crippen LogP contribution >= 0.6 is 0 Å². The number of aromatic amines is 1. The number of hydrogen-bond acceptors (Lipinski definition) is 7. The summed E-state index contributed by atoms with van der Waals surface area (Å²) in [4.78, 5) is 18.3. The van der Waals surface area contributed by atoms with Gasteiger partial charge < -0.3 is 10.4 Å². The SMILES string of the molecule is C[I-]OCc1ccc2c(C3CCN(c4nc5c(c(NC6(CO)CC6)n4)S(=O)CC5)CC3)c[nH]c2c1. The summed E-state index contributed by atoms with van der Waals surface area (Å²) in [6, 6.07) is 6.63. The second-order valence-electron chi connectivity index (χ2n) is 9.80. The van der Waals surface area contributed by atoms with Gasteiger partial charge in [0.1, 0.15) is 10.7 Å². The molecule has 8 nitrogen and oxygen atoms in total. The molecule has 2 fully saturated rings. The van der Waals surface area contributed by atoms with Crippen LogP contribution in [0.1, 0.15) is 48.4 Å². The van der Waals surface area contributed by atoms with Crippen LogP contribution in [0, 0.1) is 0 Å². The third kappa shape index (κ3) is 4.58. The molecule has 2 aromatic heterocycles. The number of piperidine rings is 1. The van der Waals surface area contributed by atoms with Crippen molar-refractivity contribution >= 4 is 33.5 Å². The molecule has 1 aliphatic carbocycles. The molecule has 2 aliphatic heterocycles. The van der Waals surface area contributed by atoms with Crippen LogP contribution in [-0.2, 0) is 26.9 Å². The van der Waals surface area contributed by atoms with Gasteiger partial charge in [-0.3, -0.25) is 4.21 Å². The molecule has 0 radical (unpaired) electrons. The molecule has 188 valence electrons.